The summed E-state index contributed by atoms with van der Waals surface area (Å²) in [4.78, 5) is 0. The molecule has 0 unspecified atom stereocenters. The zero-order valence-electron chi connectivity index (χ0n) is 12.4. The van der Waals surface area contributed by atoms with Crippen LogP contribution in [0.15, 0.2) is 48.5 Å². The van der Waals surface area contributed by atoms with Gasteiger partial charge in [0.05, 0.1) is 0 Å². The first kappa shape index (κ1) is 15.3. The van der Waals surface area contributed by atoms with Gasteiger partial charge in [-0.1, -0.05) is 71.5 Å². The normalized spacial score (nSPS) is 9.24. The minimum absolute atomic E-state index is 0.785. The highest BCUT2D eigenvalue weighted by Gasteiger charge is 1.89. The summed E-state index contributed by atoms with van der Waals surface area (Å²) >= 11 is 1.38. The molecule has 0 aliphatic carbocycles. The quantitative estimate of drug-likeness (QED) is 0.720. The summed E-state index contributed by atoms with van der Waals surface area (Å²) in [6, 6.07) is 17.0. The van der Waals surface area contributed by atoms with Crippen LogP contribution in [0, 0.1) is 36.2 Å². The summed E-state index contributed by atoms with van der Waals surface area (Å²) in [6.07, 6.45) is 1.57. The maximum atomic E-state index is 3.14. The topological polar surface area (TPSA) is 0 Å². The van der Waals surface area contributed by atoms with Crippen LogP contribution in [-0.4, -0.2) is 0 Å². The van der Waals surface area contributed by atoms with Gasteiger partial charge in [-0.2, -0.15) is 0 Å². The van der Waals surface area contributed by atoms with E-state index in [1.165, 1.54) is 34.0 Å². The van der Waals surface area contributed by atoms with Crippen LogP contribution in [0.3, 0.4) is 0 Å². The Kier molecular flexibility index (Phi) is 6.01. The van der Waals surface area contributed by atoms with Gasteiger partial charge in [-0.05, 0) is 35.5 Å². The molecule has 0 aliphatic rings. The molecule has 2 aromatic rings. The summed E-state index contributed by atoms with van der Waals surface area (Å²) in [5.74, 6) is 6.28. The Morgan fingerprint density at radius 1 is 0.667 bits per heavy atom. The Hall–Kier alpha value is -2.09. The van der Waals surface area contributed by atoms with Crippen LogP contribution in [0.4, 0.5) is 0 Å². The van der Waals surface area contributed by atoms with Crippen molar-refractivity contribution in [2.75, 3.05) is 0 Å². The van der Waals surface area contributed by atoms with E-state index in [0.29, 0.717) is 0 Å². The second-order valence-corrected chi connectivity index (χ2v) is 5.60. The largest absolute Gasteiger partial charge is 0.0855 e. The number of thioether (sulfide) groups is 1. The fourth-order valence-electron chi connectivity index (χ4n) is 1.79. The molecular formula is C20H18S. The van der Waals surface area contributed by atoms with Gasteiger partial charge < -0.3 is 0 Å². The van der Waals surface area contributed by atoms with Gasteiger partial charge >= 0.3 is 0 Å². The first-order valence-corrected chi connectivity index (χ1v) is 7.78. The van der Waals surface area contributed by atoms with Gasteiger partial charge in [0.15, 0.2) is 0 Å². The first-order chi connectivity index (χ1) is 10.2. The minimum atomic E-state index is 0.785. The molecule has 104 valence electrons. The van der Waals surface area contributed by atoms with Crippen molar-refractivity contribution >= 4 is 11.8 Å². The monoisotopic (exact) mass is 290 g/mol. The summed E-state index contributed by atoms with van der Waals surface area (Å²) in [6.45, 7) is 4.18. The SMILES string of the molecule is Cc1ccc(CC#CSC#CCc2ccc(C)cc2)cc1. The molecule has 0 fully saturated rings. The number of aryl methyl sites for hydroxylation is 2. The maximum Gasteiger partial charge on any atom is 0.0349 e. The van der Waals surface area contributed by atoms with Crippen molar-refractivity contribution in [1.29, 1.82) is 0 Å². The zero-order valence-corrected chi connectivity index (χ0v) is 13.3. The van der Waals surface area contributed by atoms with Crippen molar-refractivity contribution in [3.8, 4) is 22.3 Å². The molecule has 2 aromatic carbocycles. The van der Waals surface area contributed by atoms with Gasteiger partial charge in [0.2, 0.25) is 0 Å². The van der Waals surface area contributed by atoms with Crippen LogP contribution >= 0.6 is 11.8 Å². The summed E-state index contributed by atoms with van der Waals surface area (Å²) in [5.41, 5.74) is 5.06. The van der Waals surface area contributed by atoms with Crippen LogP contribution in [0.5, 0.6) is 0 Å². The van der Waals surface area contributed by atoms with Crippen LogP contribution < -0.4 is 0 Å². The van der Waals surface area contributed by atoms with Crippen LogP contribution in [-0.2, 0) is 12.8 Å². The lowest BCUT2D eigenvalue weighted by molar-refractivity contribution is 1.30. The highest BCUT2D eigenvalue weighted by atomic mass is 32.2. The molecule has 2 rings (SSSR count). The number of hydrogen-bond acceptors (Lipinski definition) is 1. The second kappa shape index (κ2) is 8.25. The van der Waals surface area contributed by atoms with Crippen molar-refractivity contribution < 1.29 is 0 Å². The van der Waals surface area contributed by atoms with E-state index in [1.54, 1.807) is 0 Å². The zero-order chi connectivity index (χ0) is 14.9. The second-order valence-electron chi connectivity index (χ2n) is 4.98. The third kappa shape index (κ3) is 5.82. The van der Waals surface area contributed by atoms with E-state index in [1.807, 2.05) is 0 Å². The third-order valence-electron chi connectivity index (χ3n) is 3.07. The number of benzene rings is 2. The van der Waals surface area contributed by atoms with Gasteiger partial charge in [-0.15, -0.1) is 0 Å². The standard InChI is InChI=1S/C20H18S/c1-17-7-11-19(12-8-17)5-3-15-21-16-4-6-20-13-9-18(2)10-14-20/h7-14H,5-6H2,1-2H3. The van der Waals surface area contributed by atoms with E-state index in [4.69, 9.17) is 0 Å². The van der Waals surface area contributed by atoms with Gasteiger partial charge in [0.25, 0.3) is 0 Å². The average Bonchev–Trinajstić information content (AvgIpc) is 2.50. The average molecular weight is 290 g/mol. The molecule has 0 aromatic heterocycles. The summed E-state index contributed by atoms with van der Waals surface area (Å²) in [5, 5.41) is 6.07. The predicted molar refractivity (Wildman–Crippen MR) is 92.9 cm³/mol. The van der Waals surface area contributed by atoms with E-state index in [2.05, 4.69) is 84.7 Å². The predicted octanol–water partition coefficient (Wildman–Crippen LogP) is 4.74. The van der Waals surface area contributed by atoms with Gasteiger partial charge in [-0.3, -0.25) is 0 Å². The molecule has 0 aliphatic heterocycles. The molecule has 1 heteroatoms. The van der Waals surface area contributed by atoms with Crippen LogP contribution in [0.25, 0.3) is 0 Å². The lowest BCUT2D eigenvalue weighted by atomic mass is 10.1. The molecule has 0 saturated heterocycles. The number of hydrogen-bond donors (Lipinski definition) is 0. The van der Waals surface area contributed by atoms with Crippen LogP contribution in [0.2, 0.25) is 0 Å². The van der Waals surface area contributed by atoms with E-state index in [0.717, 1.165) is 12.8 Å². The lowest BCUT2D eigenvalue weighted by Crippen LogP contribution is -1.81. The van der Waals surface area contributed by atoms with E-state index >= 15 is 0 Å². The molecule has 0 spiro atoms. The van der Waals surface area contributed by atoms with Crippen molar-refractivity contribution in [2.24, 2.45) is 0 Å². The Labute approximate surface area is 132 Å². The molecule has 0 N–H and O–H groups in total. The van der Waals surface area contributed by atoms with Crippen molar-refractivity contribution in [2.45, 2.75) is 26.7 Å². The van der Waals surface area contributed by atoms with Crippen molar-refractivity contribution in [3.05, 3.63) is 70.8 Å². The molecule has 0 saturated carbocycles. The molecule has 0 radical (unpaired) electrons. The molecule has 21 heavy (non-hydrogen) atoms. The molecular weight excluding hydrogens is 272 g/mol. The fourth-order valence-corrected chi connectivity index (χ4v) is 2.13. The summed E-state index contributed by atoms with van der Waals surface area (Å²) < 4.78 is 0. The highest BCUT2D eigenvalue weighted by Crippen LogP contribution is 2.05. The number of rotatable bonds is 2. The molecule has 0 bridgehead atoms. The molecule has 0 nitrogen and oxygen atoms in total. The first-order valence-electron chi connectivity index (χ1n) is 6.97. The van der Waals surface area contributed by atoms with Crippen molar-refractivity contribution in [3.63, 3.8) is 0 Å². The van der Waals surface area contributed by atoms with Gasteiger partial charge in [0.1, 0.15) is 0 Å². The van der Waals surface area contributed by atoms with Gasteiger partial charge in [-0.25, -0.2) is 0 Å². The smallest absolute Gasteiger partial charge is 0.0349 e. The third-order valence-corrected chi connectivity index (χ3v) is 3.57. The Bertz CT molecular complexity index is 622. The van der Waals surface area contributed by atoms with Crippen LogP contribution in [0.1, 0.15) is 22.3 Å². The Morgan fingerprint density at radius 3 is 1.43 bits per heavy atom. The van der Waals surface area contributed by atoms with E-state index < -0.39 is 0 Å². The Morgan fingerprint density at radius 2 is 1.05 bits per heavy atom. The van der Waals surface area contributed by atoms with E-state index in [9.17, 15) is 0 Å². The lowest BCUT2D eigenvalue weighted by Gasteiger charge is -1.95. The van der Waals surface area contributed by atoms with Crippen molar-refractivity contribution in [1.82, 2.24) is 0 Å². The molecule has 0 heterocycles. The molecule has 0 amide bonds. The van der Waals surface area contributed by atoms with Gasteiger partial charge in [0, 0.05) is 24.6 Å². The Balaban J connectivity index is 1.75. The summed E-state index contributed by atoms with van der Waals surface area (Å²) in [7, 11) is 0. The minimum Gasteiger partial charge on any atom is -0.0855 e. The van der Waals surface area contributed by atoms with E-state index in [-0.39, 0.29) is 0 Å². The highest BCUT2D eigenvalue weighted by molar-refractivity contribution is 8.08. The fraction of sp³-hybridized carbons (Fsp3) is 0.200. The maximum absolute atomic E-state index is 3.14. The molecule has 0 atom stereocenters.